The summed E-state index contributed by atoms with van der Waals surface area (Å²) >= 11 is 3.42. The molecule has 1 fully saturated rings. The largest absolute Gasteiger partial charge is 0.282 e. The number of likely N-dealkylation sites (tertiary alicyclic amines) is 1. The van der Waals surface area contributed by atoms with E-state index < -0.39 is 0 Å². The van der Waals surface area contributed by atoms with E-state index in [0.29, 0.717) is 11.3 Å². The van der Waals surface area contributed by atoms with Crippen molar-refractivity contribution in [3.8, 4) is 0 Å². The van der Waals surface area contributed by atoms with Gasteiger partial charge in [-0.05, 0) is 31.0 Å². The summed E-state index contributed by atoms with van der Waals surface area (Å²) in [4.78, 5) is 18.6. The van der Waals surface area contributed by atoms with Crippen molar-refractivity contribution in [2.45, 2.75) is 32.0 Å². The third-order valence-electron chi connectivity index (χ3n) is 4.31. The molecule has 1 aromatic heterocycles. The molecule has 2 aliphatic rings. The van der Waals surface area contributed by atoms with Crippen LogP contribution in [-0.2, 0) is 0 Å². The summed E-state index contributed by atoms with van der Waals surface area (Å²) in [5, 5.41) is 9.13. The second-order valence-electron chi connectivity index (χ2n) is 5.76. The number of rotatable bonds is 1. The quantitative estimate of drug-likeness (QED) is 0.779. The maximum atomic E-state index is 12.2. The average molecular weight is 362 g/mol. The maximum absolute atomic E-state index is 12.2. The van der Waals surface area contributed by atoms with Gasteiger partial charge >= 0.3 is 0 Å². The second-order valence-corrected chi connectivity index (χ2v) is 6.68. The lowest BCUT2D eigenvalue weighted by atomic mass is 10.2. The van der Waals surface area contributed by atoms with Crippen LogP contribution < -0.4 is 5.56 Å². The van der Waals surface area contributed by atoms with Gasteiger partial charge in [0.1, 0.15) is 0 Å². The maximum Gasteiger partial charge on any atom is 0.282 e. The minimum Gasteiger partial charge on any atom is -0.271 e. The molecule has 2 aromatic rings. The molecular formula is C15H16BrN5O. The van der Waals surface area contributed by atoms with Gasteiger partial charge in [0.15, 0.2) is 0 Å². The van der Waals surface area contributed by atoms with Crippen LogP contribution in [0.5, 0.6) is 0 Å². The normalized spacial score (nSPS) is 22.0. The molecule has 7 heteroatoms. The highest BCUT2D eigenvalue weighted by atomic mass is 79.9. The van der Waals surface area contributed by atoms with Crippen LogP contribution in [0.15, 0.2) is 37.7 Å². The molecule has 0 aliphatic carbocycles. The Morgan fingerprint density at radius 1 is 1.14 bits per heavy atom. The fourth-order valence-electron chi connectivity index (χ4n) is 3.22. The van der Waals surface area contributed by atoms with Crippen LogP contribution in [0.4, 0.5) is 5.95 Å². The number of nitrogens with zero attached hydrogens (tertiary/aromatic N) is 5. The summed E-state index contributed by atoms with van der Waals surface area (Å²) in [6, 6.07) is 5.69. The molecule has 4 rings (SSSR count). The van der Waals surface area contributed by atoms with E-state index in [2.05, 4.69) is 36.0 Å². The summed E-state index contributed by atoms with van der Waals surface area (Å²) in [6.07, 6.45) is 4.72. The molecule has 0 saturated carbocycles. The summed E-state index contributed by atoms with van der Waals surface area (Å²) in [6.45, 7) is 2.01. The second kappa shape index (κ2) is 5.55. The molecular weight excluding hydrogens is 346 g/mol. The fraction of sp³-hybridized carbons (Fsp3) is 0.467. The van der Waals surface area contributed by atoms with Crippen molar-refractivity contribution >= 4 is 32.8 Å². The van der Waals surface area contributed by atoms with Gasteiger partial charge in [-0.2, -0.15) is 4.98 Å². The van der Waals surface area contributed by atoms with Gasteiger partial charge in [-0.3, -0.25) is 14.3 Å². The average Bonchev–Trinajstić information content (AvgIpc) is 2.75. The van der Waals surface area contributed by atoms with Crippen LogP contribution in [0.3, 0.4) is 0 Å². The first-order valence-electron chi connectivity index (χ1n) is 7.61. The molecule has 0 bridgehead atoms. The van der Waals surface area contributed by atoms with Crippen LogP contribution in [0.1, 0.15) is 32.0 Å². The van der Waals surface area contributed by atoms with E-state index >= 15 is 0 Å². The smallest absolute Gasteiger partial charge is 0.271 e. The number of hydrogen-bond donors (Lipinski definition) is 0. The Labute approximate surface area is 136 Å². The van der Waals surface area contributed by atoms with Crippen molar-refractivity contribution in [3.63, 3.8) is 0 Å². The molecule has 22 heavy (non-hydrogen) atoms. The van der Waals surface area contributed by atoms with Crippen molar-refractivity contribution in [1.29, 1.82) is 0 Å². The van der Waals surface area contributed by atoms with Gasteiger partial charge in [0.2, 0.25) is 6.29 Å². The Bertz CT molecular complexity index is 807. The van der Waals surface area contributed by atoms with E-state index in [1.807, 2.05) is 22.8 Å². The van der Waals surface area contributed by atoms with Crippen LogP contribution in [0.25, 0.3) is 10.9 Å². The van der Waals surface area contributed by atoms with Gasteiger partial charge in [-0.15, -0.1) is 10.2 Å². The third-order valence-corrected chi connectivity index (χ3v) is 4.81. The van der Waals surface area contributed by atoms with Gasteiger partial charge in [0, 0.05) is 17.6 Å². The standard InChI is InChI=1S/C15H16BrN5O/c16-10-5-6-12-11(9-10)13(22)17-14-18-19-15(21(12)14)20-7-3-1-2-4-8-20/h5-6,9,15H,1-4,7-8H2. The Hall–Kier alpha value is -1.60. The monoisotopic (exact) mass is 361 g/mol. The van der Waals surface area contributed by atoms with Gasteiger partial charge in [-0.25, -0.2) is 0 Å². The lowest BCUT2D eigenvalue weighted by molar-refractivity contribution is 0.160. The highest BCUT2D eigenvalue weighted by Gasteiger charge is 2.29. The van der Waals surface area contributed by atoms with Crippen molar-refractivity contribution in [3.05, 3.63) is 33.0 Å². The predicted octanol–water partition coefficient (Wildman–Crippen LogP) is 3.59. The molecule has 1 unspecified atom stereocenters. The molecule has 1 aromatic carbocycles. The van der Waals surface area contributed by atoms with Crippen molar-refractivity contribution < 1.29 is 0 Å². The zero-order chi connectivity index (χ0) is 15.1. The van der Waals surface area contributed by atoms with Gasteiger partial charge in [-0.1, -0.05) is 28.8 Å². The summed E-state index contributed by atoms with van der Waals surface area (Å²) < 4.78 is 2.85. The number of hydrogen-bond acceptors (Lipinski definition) is 5. The van der Waals surface area contributed by atoms with Crippen LogP contribution in [-0.4, -0.2) is 27.5 Å². The first-order valence-corrected chi connectivity index (χ1v) is 8.40. The van der Waals surface area contributed by atoms with Gasteiger partial charge in [0.05, 0.1) is 10.9 Å². The van der Waals surface area contributed by atoms with E-state index in [4.69, 9.17) is 0 Å². The molecule has 0 amide bonds. The molecule has 0 spiro atoms. The van der Waals surface area contributed by atoms with Crippen molar-refractivity contribution in [2.75, 3.05) is 13.1 Å². The Morgan fingerprint density at radius 3 is 2.68 bits per heavy atom. The number of benzene rings is 1. The SMILES string of the molecule is O=c1nc2n(c3ccc(Br)cc13)C(N1CCCCCC1)N=N2. The Balaban J connectivity index is 1.86. The van der Waals surface area contributed by atoms with E-state index in [1.165, 1.54) is 25.7 Å². The minimum absolute atomic E-state index is 0.176. The van der Waals surface area contributed by atoms with Crippen molar-refractivity contribution in [2.24, 2.45) is 10.2 Å². The van der Waals surface area contributed by atoms with E-state index in [-0.39, 0.29) is 11.8 Å². The number of halogens is 1. The predicted molar refractivity (Wildman–Crippen MR) is 87.3 cm³/mol. The minimum atomic E-state index is -0.252. The molecule has 3 heterocycles. The van der Waals surface area contributed by atoms with E-state index in [0.717, 1.165) is 23.1 Å². The molecule has 0 N–H and O–H groups in total. The molecule has 114 valence electrons. The highest BCUT2D eigenvalue weighted by molar-refractivity contribution is 9.10. The lowest BCUT2D eigenvalue weighted by Crippen LogP contribution is -2.32. The van der Waals surface area contributed by atoms with Gasteiger partial charge < -0.3 is 0 Å². The number of azo groups is 1. The molecule has 2 aliphatic heterocycles. The van der Waals surface area contributed by atoms with Crippen molar-refractivity contribution in [1.82, 2.24) is 14.5 Å². The third kappa shape index (κ3) is 2.28. The first-order chi connectivity index (χ1) is 10.7. The Morgan fingerprint density at radius 2 is 1.91 bits per heavy atom. The first kappa shape index (κ1) is 14.0. The summed E-state index contributed by atoms with van der Waals surface area (Å²) in [7, 11) is 0. The zero-order valence-corrected chi connectivity index (χ0v) is 13.7. The van der Waals surface area contributed by atoms with Crippen LogP contribution in [0, 0.1) is 0 Å². The van der Waals surface area contributed by atoms with Crippen LogP contribution >= 0.6 is 15.9 Å². The number of fused-ring (bicyclic) bond motifs is 3. The Kier molecular flexibility index (Phi) is 3.54. The fourth-order valence-corrected chi connectivity index (χ4v) is 3.58. The molecule has 1 saturated heterocycles. The van der Waals surface area contributed by atoms with E-state index in [9.17, 15) is 4.79 Å². The zero-order valence-electron chi connectivity index (χ0n) is 12.1. The van der Waals surface area contributed by atoms with E-state index in [1.54, 1.807) is 0 Å². The lowest BCUT2D eigenvalue weighted by Gasteiger charge is -2.26. The molecule has 0 radical (unpaired) electrons. The summed E-state index contributed by atoms with van der Waals surface area (Å²) in [5.74, 6) is 0.411. The molecule has 1 atom stereocenters. The number of aromatic nitrogens is 2. The highest BCUT2D eigenvalue weighted by Crippen LogP contribution is 2.33. The summed E-state index contributed by atoms with van der Waals surface area (Å²) in [5.41, 5.74) is 0.593. The topological polar surface area (TPSA) is 62.9 Å². The molecule has 6 nitrogen and oxygen atoms in total. The van der Waals surface area contributed by atoms with Gasteiger partial charge in [0.25, 0.3) is 11.5 Å². The van der Waals surface area contributed by atoms with Crippen LogP contribution in [0.2, 0.25) is 0 Å².